The van der Waals surface area contributed by atoms with Crippen molar-refractivity contribution in [3.05, 3.63) is 18.2 Å². The van der Waals surface area contributed by atoms with Crippen LogP contribution in [0.5, 0.6) is 0 Å². The Morgan fingerprint density at radius 1 is 1.71 bits per heavy atom. The number of amides is 1. The third kappa shape index (κ3) is 2.15. The maximum Gasteiger partial charge on any atom is 0.223 e. The Morgan fingerprint density at radius 3 is 3.14 bits per heavy atom. The molecule has 1 atom stereocenters. The summed E-state index contributed by atoms with van der Waals surface area (Å²) in [6.45, 7) is 1.61. The standard InChI is InChI=1S/C9H12BrN3O/c10-7-3-9(14)13(5-7)2-1-8-4-11-6-12-8/h4,6-7H,1-3,5H2,(H,11,12). The molecule has 0 saturated carbocycles. The zero-order chi connectivity index (χ0) is 9.97. The van der Waals surface area contributed by atoms with Crippen LogP contribution < -0.4 is 0 Å². The Balaban J connectivity index is 1.84. The number of halogens is 1. The van der Waals surface area contributed by atoms with E-state index in [4.69, 9.17) is 0 Å². The minimum Gasteiger partial charge on any atom is -0.348 e. The van der Waals surface area contributed by atoms with Gasteiger partial charge in [0, 0.05) is 42.6 Å². The van der Waals surface area contributed by atoms with Crippen LogP contribution in [-0.4, -0.2) is 38.7 Å². The van der Waals surface area contributed by atoms with E-state index in [1.165, 1.54) is 0 Å². The number of hydrogen-bond acceptors (Lipinski definition) is 2. The Kier molecular flexibility index (Phi) is 2.86. The summed E-state index contributed by atoms with van der Waals surface area (Å²) < 4.78 is 0. The lowest BCUT2D eigenvalue weighted by atomic mass is 10.3. The lowest BCUT2D eigenvalue weighted by Crippen LogP contribution is -2.27. The average Bonchev–Trinajstić information content (AvgIpc) is 2.72. The third-order valence-electron chi connectivity index (χ3n) is 2.37. The van der Waals surface area contributed by atoms with E-state index in [9.17, 15) is 4.79 Å². The Bertz CT molecular complexity index is 312. The van der Waals surface area contributed by atoms with Gasteiger partial charge < -0.3 is 9.88 Å². The van der Waals surface area contributed by atoms with Crippen LogP contribution in [0.2, 0.25) is 0 Å². The molecule has 14 heavy (non-hydrogen) atoms. The largest absolute Gasteiger partial charge is 0.348 e. The molecule has 1 N–H and O–H groups in total. The summed E-state index contributed by atoms with van der Waals surface area (Å²) >= 11 is 3.46. The molecule has 76 valence electrons. The first-order valence-corrected chi connectivity index (χ1v) is 5.56. The van der Waals surface area contributed by atoms with E-state index in [1.54, 1.807) is 12.5 Å². The summed E-state index contributed by atoms with van der Waals surface area (Å²) in [6.07, 6.45) is 4.94. The van der Waals surface area contributed by atoms with E-state index in [2.05, 4.69) is 25.9 Å². The fraction of sp³-hybridized carbons (Fsp3) is 0.556. The van der Waals surface area contributed by atoms with Crippen LogP contribution in [0, 0.1) is 0 Å². The van der Waals surface area contributed by atoms with E-state index in [1.807, 2.05) is 4.90 Å². The molecule has 0 radical (unpaired) electrons. The smallest absolute Gasteiger partial charge is 0.223 e. The molecular formula is C9H12BrN3O. The number of hydrogen-bond donors (Lipinski definition) is 1. The lowest BCUT2D eigenvalue weighted by molar-refractivity contribution is -0.127. The van der Waals surface area contributed by atoms with E-state index < -0.39 is 0 Å². The second-order valence-electron chi connectivity index (χ2n) is 3.47. The van der Waals surface area contributed by atoms with Crippen molar-refractivity contribution in [2.45, 2.75) is 17.7 Å². The molecule has 0 aromatic carbocycles. The third-order valence-corrected chi connectivity index (χ3v) is 2.99. The summed E-state index contributed by atoms with van der Waals surface area (Å²) in [5.41, 5.74) is 1.08. The number of carbonyl (C=O) groups is 1. The molecule has 1 aromatic heterocycles. The fourth-order valence-electron chi connectivity index (χ4n) is 1.62. The van der Waals surface area contributed by atoms with Crippen molar-refractivity contribution >= 4 is 21.8 Å². The number of aromatic amines is 1. The van der Waals surface area contributed by atoms with Crippen molar-refractivity contribution in [2.24, 2.45) is 0 Å². The van der Waals surface area contributed by atoms with Gasteiger partial charge in [0.1, 0.15) is 0 Å². The van der Waals surface area contributed by atoms with E-state index >= 15 is 0 Å². The maximum atomic E-state index is 11.4. The highest BCUT2D eigenvalue weighted by Gasteiger charge is 2.26. The van der Waals surface area contributed by atoms with E-state index in [0.717, 1.165) is 25.2 Å². The predicted molar refractivity (Wildman–Crippen MR) is 56.2 cm³/mol. The van der Waals surface area contributed by atoms with Crippen LogP contribution in [0.25, 0.3) is 0 Å². The number of nitrogens with one attached hydrogen (secondary N) is 1. The second-order valence-corrected chi connectivity index (χ2v) is 4.76. The Labute approximate surface area is 90.8 Å². The van der Waals surface area contributed by atoms with Gasteiger partial charge in [-0.1, -0.05) is 15.9 Å². The minimum absolute atomic E-state index is 0.242. The number of aromatic nitrogens is 2. The SMILES string of the molecule is O=C1CC(Br)CN1CCc1cnc[nH]1. The number of alkyl halides is 1. The summed E-state index contributed by atoms with van der Waals surface area (Å²) in [4.78, 5) is 20.6. The van der Waals surface area contributed by atoms with Crippen molar-refractivity contribution in [2.75, 3.05) is 13.1 Å². The molecule has 1 aliphatic rings. The van der Waals surface area contributed by atoms with Gasteiger partial charge in [-0.15, -0.1) is 0 Å². The molecule has 5 heteroatoms. The molecule has 1 unspecified atom stereocenters. The fourth-order valence-corrected chi connectivity index (χ4v) is 2.24. The van der Waals surface area contributed by atoms with Gasteiger partial charge >= 0.3 is 0 Å². The summed E-state index contributed by atoms with van der Waals surface area (Å²) in [5.74, 6) is 0.242. The molecule has 1 aromatic rings. The number of rotatable bonds is 3. The van der Waals surface area contributed by atoms with Crippen molar-refractivity contribution in [3.8, 4) is 0 Å². The molecule has 2 rings (SSSR count). The first-order chi connectivity index (χ1) is 6.75. The molecule has 1 fully saturated rings. The Hall–Kier alpha value is -0.840. The van der Waals surface area contributed by atoms with Crippen molar-refractivity contribution < 1.29 is 4.79 Å². The van der Waals surface area contributed by atoms with Crippen LogP contribution in [0.3, 0.4) is 0 Å². The van der Waals surface area contributed by atoms with Crippen LogP contribution in [0.1, 0.15) is 12.1 Å². The van der Waals surface area contributed by atoms with Gasteiger partial charge in [-0.2, -0.15) is 0 Å². The summed E-state index contributed by atoms with van der Waals surface area (Å²) in [7, 11) is 0. The number of nitrogens with zero attached hydrogens (tertiary/aromatic N) is 2. The van der Waals surface area contributed by atoms with E-state index in [-0.39, 0.29) is 5.91 Å². The van der Waals surface area contributed by atoms with Gasteiger partial charge in [0.2, 0.25) is 5.91 Å². The Morgan fingerprint density at radius 2 is 2.57 bits per heavy atom. The van der Waals surface area contributed by atoms with Gasteiger partial charge in [0.05, 0.1) is 6.33 Å². The molecule has 1 aliphatic heterocycles. The highest BCUT2D eigenvalue weighted by atomic mass is 79.9. The first-order valence-electron chi connectivity index (χ1n) is 4.65. The topological polar surface area (TPSA) is 49.0 Å². The molecule has 1 amide bonds. The van der Waals surface area contributed by atoms with Gasteiger partial charge in [0.25, 0.3) is 0 Å². The first kappa shape index (κ1) is 9.71. The average molecular weight is 258 g/mol. The molecule has 0 spiro atoms. The zero-order valence-corrected chi connectivity index (χ0v) is 9.33. The van der Waals surface area contributed by atoms with Gasteiger partial charge in [0.15, 0.2) is 0 Å². The molecule has 1 saturated heterocycles. The second kappa shape index (κ2) is 4.13. The zero-order valence-electron chi connectivity index (χ0n) is 7.74. The maximum absolute atomic E-state index is 11.4. The molecule has 4 nitrogen and oxygen atoms in total. The van der Waals surface area contributed by atoms with Crippen LogP contribution >= 0.6 is 15.9 Å². The number of H-pyrrole nitrogens is 1. The highest BCUT2D eigenvalue weighted by Crippen LogP contribution is 2.17. The molecule has 2 heterocycles. The highest BCUT2D eigenvalue weighted by molar-refractivity contribution is 9.09. The van der Waals surface area contributed by atoms with Crippen LogP contribution in [-0.2, 0) is 11.2 Å². The number of carbonyl (C=O) groups excluding carboxylic acids is 1. The monoisotopic (exact) mass is 257 g/mol. The lowest BCUT2D eigenvalue weighted by Gasteiger charge is -2.14. The van der Waals surface area contributed by atoms with Crippen LogP contribution in [0.15, 0.2) is 12.5 Å². The number of imidazole rings is 1. The molecule has 0 bridgehead atoms. The van der Waals surface area contributed by atoms with E-state index in [0.29, 0.717) is 11.2 Å². The van der Waals surface area contributed by atoms with Crippen molar-refractivity contribution in [3.63, 3.8) is 0 Å². The van der Waals surface area contributed by atoms with Gasteiger partial charge in [-0.05, 0) is 0 Å². The van der Waals surface area contributed by atoms with Gasteiger partial charge in [-0.3, -0.25) is 4.79 Å². The predicted octanol–water partition coefficient (Wildman–Crippen LogP) is 0.948. The minimum atomic E-state index is 0.242. The molecule has 0 aliphatic carbocycles. The molecular weight excluding hydrogens is 246 g/mol. The normalized spacial score (nSPS) is 21.9. The van der Waals surface area contributed by atoms with Crippen LogP contribution in [0.4, 0.5) is 0 Å². The number of likely N-dealkylation sites (tertiary alicyclic amines) is 1. The quantitative estimate of drug-likeness (QED) is 0.820. The van der Waals surface area contributed by atoms with Gasteiger partial charge in [-0.25, -0.2) is 4.98 Å². The summed E-state index contributed by atoms with van der Waals surface area (Å²) in [5, 5.41) is 0. The summed E-state index contributed by atoms with van der Waals surface area (Å²) in [6, 6.07) is 0. The van der Waals surface area contributed by atoms with Crippen molar-refractivity contribution in [1.29, 1.82) is 0 Å². The van der Waals surface area contributed by atoms with Crippen molar-refractivity contribution in [1.82, 2.24) is 14.9 Å².